The number of ether oxygens (including phenoxy) is 2. The van der Waals surface area contributed by atoms with E-state index >= 15 is 0 Å². The molecule has 6 heteroatoms. The molecule has 0 amide bonds. The summed E-state index contributed by atoms with van der Waals surface area (Å²) >= 11 is 0. The van der Waals surface area contributed by atoms with Crippen LogP contribution in [0.2, 0.25) is 0 Å². The molecule has 156 valence electrons. The monoisotopic (exact) mass is 392 g/mol. The van der Waals surface area contributed by atoms with Gasteiger partial charge in [0.25, 0.3) is 5.79 Å². The van der Waals surface area contributed by atoms with Crippen LogP contribution in [0.1, 0.15) is 59.8 Å². The summed E-state index contributed by atoms with van der Waals surface area (Å²) in [4.78, 5) is 25.2. The Morgan fingerprint density at radius 3 is 1.93 bits per heavy atom. The van der Waals surface area contributed by atoms with Crippen molar-refractivity contribution in [3.05, 3.63) is 24.3 Å². The van der Waals surface area contributed by atoms with E-state index < -0.39 is 40.8 Å². The fourth-order valence-electron chi connectivity index (χ4n) is 6.79. The fraction of sp³-hybridized carbons (Fsp3) is 0.727. The first-order valence-electron chi connectivity index (χ1n) is 10.1. The van der Waals surface area contributed by atoms with Gasteiger partial charge in [0.2, 0.25) is 0 Å². The number of esters is 2. The number of aliphatic hydroxyl groups is 2. The van der Waals surface area contributed by atoms with Crippen molar-refractivity contribution >= 4 is 11.9 Å². The van der Waals surface area contributed by atoms with Gasteiger partial charge in [-0.05, 0) is 65.2 Å². The van der Waals surface area contributed by atoms with E-state index in [4.69, 9.17) is 9.47 Å². The maximum Gasteiger partial charge on any atom is 0.336 e. The van der Waals surface area contributed by atoms with Crippen molar-refractivity contribution < 1.29 is 29.3 Å². The van der Waals surface area contributed by atoms with Crippen LogP contribution in [0.4, 0.5) is 0 Å². The number of carbonyl (C=O) groups is 2. The number of rotatable bonds is 6. The molecule has 3 fully saturated rings. The molecule has 0 saturated heterocycles. The van der Waals surface area contributed by atoms with Crippen LogP contribution < -0.4 is 0 Å². The first kappa shape index (κ1) is 21.1. The number of hydrogen-bond donors (Lipinski definition) is 2. The van der Waals surface area contributed by atoms with Crippen LogP contribution in [0.15, 0.2) is 24.3 Å². The highest BCUT2D eigenvalue weighted by molar-refractivity contribution is 5.89. The smallest absolute Gasteiger partial charge is 0.336 e. The van der Waals surface area contributed by atoms with Gasteiger partial charge in [-0.25, -0.2) is 9.59 Å². The molecule has 6 nitrogen and oxygen atoms in total. The summed E-state index contributed by atoms with van der Waals surface area (Å²) in [6, 6.07) is 0. The third kappa shape index (κ3) is 2.47. The molecule has 6 atom stereocenters. The van der Waals surface area contributed by atoms with E-state index in [9.17, 15) is 19.8 Å². The van der Waals surface area contributed by atoms with E-state index in [1.807, 2.05) is 0 Å². The lowest BCUT2D eigenvalue weighted by molar-refractivity contribution is -0.316. The number of aliphatic hydroxyl groups excluding tert-OH is 2. The van der Waals surface area contributed by atoms with Gasteiger partial charge in [0.1, 0.15) is 0 Å². The summed E-state index contributed by atoms with van der Waals surface area (Å²) in [6.45, 7) is 13.7. The molecule has 0 aliphatic heterocycles. The van der Waals surface area contributed by atoms with Gasteiger partial charge in [0.15, 0.2) is 0 Å². The Balaban J connectivity index is 2.22. The minimum Gasteiger partial charge on any atom is -0.418 e. The molecule has 0 aromatic rings. The molecule has 6 unspecified atom stereocenters. The van der Waals surface area contributed by atoms with Crippen molar-refractivity contribution in [1.29, 1.82) is 0 Å². The quantitative estimate of drug-likeness (QED) is 0.410. The molecule has 2 N–H and O–H groups in total. The van der Waals surface area contributed by atoms with Gasteiger partial charge in [-0.2, -0.15) is 0 Å². The van der Waals surface area contributed by atoms with E-state index in [1.54, 1.807) is 13.8 Å². The van der Waals surface area contributed by atoms with Gasteiger partial charge in [0, 0.05) is 23.0 Å². The Morgan fingerprint density at radius 2 is 1.50 bits per heavy atom. The van der Waals surface area contributed by atoms with Crippen molar-refractivity contribution in [3.63, 3.8) is 0 Å². The molecule has 2 bridgehead atoms. The van der Waals surface area contributed by atoms with E-state index in [0.717, 1.165) is 12.8 Å². The molecule has 0 spiro atoms. The maximum absolute atomic E-state index is 12.6. The van der Waals surface area contributed by atoms with Crippen LogP contribution in [-0.2, 0) is 19.1 Å². The SMILES string of the molecule is C=C(C)C(=O)OC1(OC(=O)C(=C)C)CCC2C3CCC(C(C)O)(C3)C21C(C)O. The molecular weight excluding hydrogens is 360 g/mol. The van der Waals surface area contributed by atoms with Crippen LogP contribution >= 0.6 is 0 Å². The van der Waals surface area contributed by atoms with E-state index in [1.165, 1.54) is 13.8 Å². The normalized spacial score (nSPS) is 37.1. The lowest BCUT2D eigenvalue weighted by Gasteiger charge is -2.57. The van der Waals surface area contributed by atoms with E-state index in [-0.39, 0.29) is 29.4 Å². The molecule has 28 heavy (non-hydrogen) atoms. The van der Waals surface area contributed by atoms with Crippen LogP contribution in [0, 0.1) is 22.7 Å². The zero-order valence-electron chi connectivity index (χ0n) is 17.3. The molecule has 3 rings (SSSR count). The standard InChI is InChI=1S/C22H32O6/c1-12(2)18(25)27-21(28-19(26)13(3)4)10-8-17-16-7-9-20(11-16,14(5)23)22(17,21)15(6)24/h14-17,23-24H,1,3,7-11H2,2,4-6H3. The maximum atomic E-state index is 12.6. The number of hydrogen-bond acceptors (Lipinski definition) is 6. The second-order valence-electron chi connectivity index (χ2n) is 9.12. The average Bonchev–Trinajstić information content (AvgIpc) is 3.24. The minimum absolute atomic E-state index is 0.00769. The van der Waals surface area contributed by atoms with Crippen LogP contribution in [0.25, 0.3) is 0 Å². The van der Waals surface area contributed by atoms with Crippen molar-refractivity contribution in [1.82, 2.24) is 0 Å². The second kappa shape index (κ2) is 6.70. The van der Waals surface area contributed by atoms with Crippen molar-refractivity contribution in [3.8, 4) is 0 Å². The summed E-state index contributed by atoms with van der Waals surface area (Å²) in [6.07, 6.45) is 1.59. The summed E-state index contributed by atoms with van der Waals surface area (Å²) in [5.74, 6) is -2.72. The lowest BCUT2D eigenvalue weighted by Crippen LogP contribution is -2.66. The topological polar surface area (TPSA) is 93.1 Å². The van der Waals surface area contributed by atoms with Crippen molar-refractivity contribution in [2.75, 3.05) is 0 Å². The van der Waals surface area contributed by atoms with Gasteiger partial charge in [-0.15, -0.1) is 0 Å². The van der Waals surface area contributed by atoms with Gasteiger partial charge < -0.3 is 19.7 Å². The van der Waals surface area contributed by atoms with Crippen LogP contribution in [0.5, 0.6) is 0 Å². The molecule has 0 aromatic heterocycles. The third-order valence-electron chi connectivity index (χ3n) is 7.65. The van der Waals surface area contributed by atoms with Gasteiger partial charge in [-0.3, -0.25) is 0 Å². The Kier molecular flexibility index (Phi) is 5.04. The minimum atomic E-state index is -1.66. The molecule has 0 radical (unpaired) electrons. The predicted molar refractivity (Wildman–Crippen MR) is 103 cm³/mol. The van der Waals surface area contributed by atoms with Gasteiger partial charge in [0.05, 0.1) is 17.6 Å². The first-order chi connectivity index (χ1) is 12.9. The first-order valence-corrected chi connectivity index (χ1v) is 10.1. The molecule has 0 heterocycles. The molecule has 3 aliphatic rings. The summed E-state index contributed by atoms with van der Waals surface area (Å²) in [5, 5.41) is 22.0. The summed E-state index contributed by atoms with van der Waals surface area (Å²) in [5.41, 5.74) is -1.40. The predicted octanol–water partition coefficient (Wildman–Crippen LogP) is 2.88. The Morgan fingerprint density at radius 1 is 0.964 bits per heavy atom. The highest BCUT2D eigenvalue weighted by Gasteiger charge is 2.82. The number of fused-ring (bicyclic) bond motifs is 5. The zero-order chi connectivity index (χ0) is 21.1. The van der Waals surface area contributed by atoms with Crippen molar-refractivity contribution in [2.45, 2.75) is 77.8 Å². The summed E-state index contributed by atoms with van der Waals surface area (Å²) < 4.78 is 11.8. The lowest BCUT2D eigenvalue weighted by atomic mass is 9.52. The highest BCUT2D eigenvalue weighted by atomic mass is 16.7. The van der Waals surface area contributed by atoms with Gasteiger partial charge in [-0.1, -0.05) is 13.2 Å². The highest BCUT2D eigenvalue weighted by Crippen LogP contribution is 2.78. The Labute approximate surface area is 166 Å². The van der Waals surface area contributed by atoms with Crippen LogP contribution in [0.3, 0.4) is 0 Å². The second-order valence-corrected chi connectivity index (χ2v) is 9.12. The zero-order valence-corrected chi connectivity index (χ0v) is 17.3. The third-order valence-corrected chi connectivity index (χ3v) is 7.65. The molecular formula is C22H32O6. The summed E-state index contributed by atoms with van der Waals surface area (Å²) in [7, 11) is 0. The molecule has 0 aromatic carbocycles. The van der Waals surface area contributed by atoms with Crippen LogP contribution in [-0.4, -0.2) is 40.1 Å². The average molecular weight is 392 g/mol. The number of carbonyl (C=O) groups excluding carboxylic acids is 2. The molecule has 3 aliphatic carbocycles. The molecule has 3 saturated carbocycles. The van der Waals surface area contributed by atoms with E-state index in [2.05, 4.69) is 13.2 Å². The Bertz CT molecular complexity index is 695. The van der Waals surface area contributed by atoms with Crippen molar-refractivity contribution in [2.24, 2.45) is 22.7 Å². The fourth-order valence-corrected chi connectivity index (χ4v) is 6.79. The Hall–Kier alpha value is -1.66. The van der Waals surface area contributed by atoms with Gasteiger partial charge >= 0.3 is 11.9 Å². The van der Waals surface area contributed by atoms with E-state index in [0.29, 0.717) is 12.8 Å². The largest absolute Gasteiger partial charge is 0.418 e.